The van der Waals surface area contributed by atoms with Gasteiger partial charge in [0.1, 0.15) is 24.4 Å². The highest BCUT2D eigenvalue weighted by Gasteiger charge is 2.57. The third-order valence-electron chi connectivity index (χ3n) is 16.0. The van der Waals surface area contributed by atoms with Gasteiger partial charge < -0.3 is 83.5 Å². The lowest BCUT2D eigenvalue weighted by Crippen LogP contribution is -2.63. The van der Waals surface area contributed by atoms with Crippen LogP contribution in [-0.4, -0.2) is 183 Å². The minimum Gasteiger partial charge on any atom is -0.467 e. The van der Waals surface area contributed by atoms with Crippen LogP contribution in [0, 0.1) is 17.8 Å². The molecule has 15 unspecified atom stereocenters. The Morgan fingerprint density at radius 3 is 2.19 bits per heavy atom. The van der Waals surface area contributed by atoms with Gasteiger partial charge in [-0.2, -0.15) is 0 Å². The highest BCUT2D eigenvalue weighted by atomic mass is 16.8. The van der Waals surface area contributed by atoms with E-state index in [1.807, 2.05) is 19.1 Å². The normalized spacial score (nSPS) is 44.1. The van der Waals surface area contributed by atoms with Crippen molar-refractivity contribution in [3.05, 3.63) is 36.5 Å². The third kappa shape index (κ3) is 15.4. The van der Waals surface area contributed by atoms with Gasteiger partial charge in [-0.25, -0.2) is 4.79 Å². The summed E-state index contributed by atoms with van der Waals surface area (Å²) in [6.45, 7) is 5.55. The van der Waals surface area contributed by atoms with Gasteiger partial charge in [0.25, 0.3) is 0 Å². The smallest absolute Gasteiger partial charge is 0.335 e. The van der Waals surface area contributed by atoms with Crippen molar-refractivity contribution < 1.29 is 93.1 Å². The van der Waals surface area contributed by atoms with E-state index >= 15 is 0 Å². The number of fused-ring (bicyclic) bond motifs is 6. The first-order chi connectivity index (χ1) is 34.2. The van der Waals surface area contributed by atoms with Crippen molar-refractivity contribution in [1.29, 1.82) is 0 Å². The van der Waals surface area contributed by atoms with Crippen LogP contribution in [0.25, 0.3) is 0 Å². The summed E-state index contributed by atoms with van der Waals surface area (Å²) < 4.78 is 55.0. The van der Waals surface area contributed by atoms with Crippen LogP contribution in [0.2, 0.25) is 0 Å². The van der Waals surface area contributed by atoms with Crippen molar-refractivity contribution in [1.82, 2.24) is 0 Å². The van der Waals surface area contributed by atoms with Crippen molar-refractivity contribution in [3.8, 4) is 0 Å². The molecule has 0 aliphatic carbocycles. The van der Waals surface area contributed by atoms with Crippen LogP contribution in [0.5, 0.6) is 0 Å². The Kier molecular flexibility index (Phi) is 21.7. The van der Waals surface area contributed by atoms with Crippen LogP contribution >= 0.6 is 0 Å². The number of aliphatic hydroxyl groups excluding tert-OH is 7. The second-order valence-electron chi connectivity index (χ2n) is 21.6. The standard InChI is InChI=1S/C53H86O19/c1-31-19-22-51-24-21-41(64-4)49(71-51)48(61)46(59)32(2)17-18-40-47(60)44(65-5)29-52(69-40)23-20-33(3)53(63,72-52)30-43(38(56)15-10-8-7-9-11-16-39(57)50(62)66-6)68-45(58)28-37-14-12-13-36(67-37)26-34(54)25-35(55)27-42(31)70-51/h8-11,19,22,31-44,46-49,54-57,59-61,63H,7,12-18,20-21,23-30H2,1-6H3/b10-8+,11-9-/t31?,32?,33?,34?,35?,36?,37?,38?,39?,40-,41+,42-,43?,44-,46?,47-,48?,49?,51+,52?,53?/m1/s1. The number of carbonyl (C=O) groups excluding carboxylic acids is 2. The molecule has 19 heteroatoms. The van der Waals surface area contributed by atoms with E-state index in [1.165, 1.54) is 21.3 Å². The van der Waals surface area contributed by atoms with Crippen LogP contribution in [0.1, 0.15) is 136 Å². The first kappa shape index (κ1) is 58.8. The number of ether oxygens (including phenoxy) is 9. The molecule has 0 amide bonds. The largest absolute Gasteiger partial charge is 0.467 e. The van der Waals surface area contributed by atoms with Gasteiger partial charge in [-0.1, -0.05) is 51.2 Å². The minimum absolute atomic E-state index is 0.0233. The average Bonchev–Trinajstić information content (AvgIpc) is 3.34. The number of carbonyl (C=O) groups is 2. The zero-order valence-electron chi connectivity index (χ0n) is 43.2. The second kappa shape index (κ2) is 26.6. The Morgan fingerprint density at radius 2 is 1.47 bits per heavy atom. The minimum atomic E-state index is -2.00. The number of esters is 2. The molecule has 0 aromatic rings. The fourth-order valence-electron chi connectivity index (χ4n) is 11.4. The SMILES string of the molecule is COC(=O)C(O)C/C=C\C/C=C/CC(O)C1CC2(O)OC3(CCC2C)C[C@@H](OC)[C@H](O)[C@@H](CCC(C)C(O)C(O)C2O[C@@]4(C=CC(C)[C@@H](CC(O)CC(O)CC5CCCC(CC(=O)O1)O5)O4)CC[C@@H]2OC)O3. The van der Waals surface area contributed by atoms with Gasteiger partial charge in [-0.3, -0.25) is 4.79 Å². The molecular weight excluding hydrogens is 941 g/mol. The molecule has 21 atom stereocenters. The molecule has 412 valence electrons. The van der Waals surface area contributed by atoms with Crippen LogP contribution in [0.4, 0.5) is 0 Å². The molecule has 5 saturated heterocycles. The van der Waals surface area contributed by atoms with E-state index in [4.69, 9.17) is 37.9 Å². The van der Waals surface area contributed by atoms with Gasteiger partial charge >= 0.3 is 11.9 Å². The topological polar surface area (TPSA) is 279 Å². The summed E-state index contributed by atoms with van der Waals surface area (Å²) in [6.07, 6.45) is 0.838. The van der Waals surface area contributed by atoms with Gasteiger partial charge in [-0.05, 0) is 82.6 Å². The summed E-state index contributed by atoms with van der Waals surface area (Å²) in [4.78, 5) is 25.4. The quantitative estimate of drug-likeness (QED) is 0.115. The number of methoxy groups -OCH3 is 3. The molecule has 5 fully saturated rings. The number of hydrogen-bond donors (Lipinski definition) is 8. The second-order valence-corrected chi connectivity index (χ2v) is 21.6. The maximum atomic E-state index is 13.9. The van der Waals surface area contributed by atoms with Crippen molar-refractivity contribution in [2.24, 2.45) is 17.8 Å². The molecule has 72 heavy (non-hydrogen) atoms. The summed E-state index contributed by atoms with van der Waals surface area (Å²) in [7, 11) is 4.19. The molecule has 8 bridgehead atoms. The predicted octanol–water partition coefficient (Wildman–Crippen LogP) is 3.32. The maximum absolute atomic E-state index is 13.9. The highest BCUT2D eigenvalue weighted by Crippen LogP contribution is 2.48. The molecule has 6 rings (SSSR count). The molecule has 6 aliphatic rings. The number of allylic oxidation sites excluding steroid dienone is 2. The van der Waals surface area contributed by atoms with E-state index in [9.17, 15) is 50.4 Å². The lowest BCUT2D eigenvalue weighted by molar-refractivity contribution is -0.423. The zero-order chi connectivity index (χ0) is 52.4. The summed E-state index contributed by atoms with van der Waals surface area (Å²) in [5.41, 5.74) is 0. The molecule has 6 heterocycles. The molecule has 0 radical (unpaired) electrons. The lowest BCUT2D eigenvalue weighted by atomic mass is 9.80. The van der Waals surface area contributed by atoms with Crippen LogP contribution < -0.4 is 0 Å². The lowest BCUT2D eigenvalue weighted by Gasteiger charge is -2.54. The third-order valence-corrected chi connectivity index (χ3v) is 16.0. The van der Waals surface area contributed by atoms with E-state index in [-0.39, 0.29) is 70.1 Å². The van der Waals surface area contributed by atoms with Gasteiger partial charge in [-0.15, -0.1) is 0 Å². The maximum Gasteiger partial charge on any atom is 0.335 e. The Balaban J connectivity index is 1.25. The number of hydrogen-bond acceptors (Lipinski definition) is 19. The molecule has 0 aromatic carbocycles. The fraction of sp³-hybridized carbons (Fsp3) is 0.849. The predicted molar refractivity (Wildman–Crippen MR) is 258 cm³/mol. The molecule has 8 N–H and O–H groups in total. The summed E-state index contributed by atoms with van der Waals surface area (Å²) in [6, 6.07) is 0. The van der Waals surface area contributed by atoms with Crippen molar-refractivity contribution in [3.63, 3.8) is 0 Å². The Bertz CT molecular complexity index is 1800. The summed E-state index contributed by atoms with van der Waals surface area (Å²) >= 11 is 0. The number of cyclic esters (lactones) is 1. The van der Waals surface area contributed by atoms with E-state index < -0.39 is 133 Å². The first-order valence-electron chi connectivity index (χ1n) is 26.4. The molecule has 19 nitrogen and oxygen atoms in total. The molecule has 0 saturated carbocycles. The Hall–Kier alpha value is -2.44. The van der Waals surface area contributed by atoms with Gasteiger partial charge in [0.05, 0.1) is 74.6 Å². The van der Waals surface area contributed by atoms with E-state index in [1.54, 1.807) is 38.2 Å². The monoisotopic (exact) mass is 1030 g/mol. The number of rotatable bonds is 10. The Labute approximate surface area is 424 Å². The van der Waals surface area contributed by atoms with Crippen molar-refractivity contribution in [2.75, 3.05) is 21.3 Å². The summed E-state index contributed by atoms with van der Waals surface area (Å²) in [5, 5.41) is 91.9. The molecular formula is C53H86O19. The van der Waals surface area contributed by atoms with Gasteiger partial charge in [0.15, 0.2) is 23.5 Å². The van der Waals surface area contributed by atoms with Crippen molar-refractivity contribution >= 4 is 11.9 Å². The van der Waals surface area contributed by atoms with Crippen LogP contribution in [0.15, 0.2) is 36.5 Å². The van der Waals surface area contributed by atoms with E-state index in [0.717, 1.165) is 0 Å². The molecule has 2 spiro atoms. The first-order valence-corrected chi connectivity index (χ1v) is 26.4. The highest BCUT2D eigenvalue weighted by molar-refractivity contribution is 5.74. The van der Waals surface area contributed by atoms with Crippen molar-refractivity contribution in [2.45, 2.75) is 245 Å². The zero-order valence-corrected chi connectivity index (χ0v) is 43.2. The Morgan fingerprint density at radius 1 is 0.764 bits per heavy atom. The average molecular weight is 1030 g/mol. The van der Waals surface area contributed by atoms with Crippen LogP contribution in [-0.2, 0) is 52.2 Å². The van der Waals surface area contributed by atoms with Crippen LogP contribution in [0.3, 0.4) is 0 Å². The van der Waals surface area contributed by atoms with Gasteiger partial charge in [0.2, 0.25) is 0 Å². The number of aliphatic hydroxyl groups is 8. The van der Waals surface area contributed by atoms with Gasteiger partial charge in [0, 0.05) is 64.6 Å². The fourth-order valence-corrected chi connectivity index (χ4v) is 11.4. The summed E-state index contributed by atoms with van der Waals surface area (Å²) in [5.74, 6) is -7.32. The van der Waals surface area contributed by atoms with E-state index in [0.29, 0.717) is 51.4 Å². The van der Waals surface area contributed by atoms with E-state index in [2.05, 4.69) is 4.74 Å². The molecule has 0 aromatic heterocycles. The molecule has 6 aliphatic heterocycles.